The first-order chi connectivity index (χ1) is 12.1. The molecule has 0 aliphatic rings. The van der Waals surface area contributed by atoms with Gasteiger partial charge in [0.2, 0.25) is 5.91 Å². The number of unbranched alkanes of at least 4 members (excludes halogenated alkanes) is 1. The van der Waals surface area contributed by atoms with Gasteiger partial charge in [-0.3, -0.25) is 4.79 Å². The van der Waals surface area contributed by atoms with Gasteiger partial charge in [0.1, 0.15) is 0 Å². The Balaban J connectivity index is 2.02. The summed E-state index contributed by atoms with van der Waals surface area (Å²) in [6.45, 7) is 4.75. The molecule has 0 saturated carbocycles. The van der Waals surface area contributed by atoms with E-state index in [1.165, 1.54) is 6.08 Å². The zero-order chi connectivity index (χ0) is 18.1. The van der Waals surface area contributed by atoms with Gasteiger partial charge < -0.3 is 14.8 Å². The van der Waals surface area contributed by atoms with E-state index < -0.39 is 0 Å². The van der Waals surface area contributed by atoms with Crippen LogP contribution >= 0.6 is 0 Å². The second-order valence-electron chi connectivity index (χ2n) is 5.75. The summed E-state index contributed by atoms with van der Waals surface area (Å²) in [7, 11) is 1.61. The summed E-state index contributed by atoms with van der Waals surface area (Å²) in [6, 6.07) is 13.3. The number of nitrogens with one attached hydrogen (secondary N) is 1. The maximum Gasteiger partial charge on any atom is 0.248 e. The molecule has 0 aromatic heterocycles. The van der Waals surface area contributed by atoms with Crippen molar-refractivity contribution in [3.63, 3.8) is 0 Å². The summed E-state index contributed by atoms with van der Waals surface area (Å²) < 4.78 is 11.1. The number of amides is 1. The van der Waals surface area contributed by atoms with E-state index in [1.807, 2.05) is 49.4 Å². The maximum atomic E-state index is 12.1. The molecule has 1 amide bonds. The van der Waals surface area contributed by atoms with Crippen LogP contribution in [0.25, 0.3) is 6.08 Å². The molecule has 0 spiro atoms. The van der Waals surface area contributed by atoms with Crippen molar-refractivity contribution < 1.29 is 14.3 Å². The Morgan fingerprint density at radius 2 is 1.96 bits per heavy atom. The van der Waals surface area contributed by atoms with Gasteiger partial charge >= 0.3 is 0 Å². The average molecular weight is 339 g/mol. The molecule has 2 aromatic carbocycles. The number of rotatable bonds is 8. The van der Waals surface area contributed by atoms with E-state index in [9.17, 15) is 4.79 Å². The molecule has 0 radical (unpaired) electrons. The Morgan fingerprint density at radius 3 is 2.68 bits per heavy atom. The number of para-hydroxylation sites is 1. The Hall–Kier alpha value is -2.75. The smallest absolute Gasteiger partial charge is 0.248 e. The number of hydrogen-bond donors (Lipinski definition) is 1. The second-order valence-corrected chi connectivity index (χ2v) is 5.75. The van der Waals surface area contributed by atoms with Crippen molar-refractivity contribution in [3.05, 3.63) is 59.7 Å². The molecule has 4 nitrogen and oxygen atoms in total. The van der Waals surface area contributed by atoms with Crippen LogP contribution in [-0.4, -0.2) is 19.6 Å². The third-order valence-electron chi connectivity index (χ3n) is 3.77. The Bertz CT molecular complexity index is 738. The fraction of sp³-hybridized carbons (Fsp3) is 0.286. The van der Waals surface area contributed by atoms with Crippen molar-refractivity contribution in [2.24, 2.45) is 0 Å². The summed E-state index contributed by atoms with van der Waals surface area (Å²) in [5, 5.41) is 2.87. The molecule has 132 valence electrons. The number of carbonyl (C=O) groups excluding carboxylic acids is 1. The first kappa shape index (κ1) is 18.6. The molecule has 0 fully saturated rings. The minimum atomic E-state index is -0.170. The number of benzene rings is 2. The average Bonchev–Trinajstić information content (AvgIpc) is 2.62. The molecule has 0 heterocycles. The normalized spacial score (nSPS) is 10.7. The molecule has 0 unspecified atom stereocenters. The topological polar surface area (TPSA) is 47.6 Å². The van der Waals surface area contributed by atoms with Gasteiger partial charge in [0.05, 0.1) is 13.7 Å². The van der Waals surface area contributed by atoms with Gasteiger partial charge in [-0.15, -0.1) is 0 Å². The van der Waals surface area contributed by atoms with Gasteiger partial charge in [0.15, 0.2) is 11.5 Å². The van der Waals surface area contributed by atoms with Crippen LogP contribution in [0.3, 0.4) is 0 Å². The lowest BCUT2D eigenvalue weighted by atomic mass is 10.1. The molecule has 0 atom stereocenters. The van der Waals surface area contributed by atoms with Crippen molar-refractivity contribution in [2.75, 3.05) is 19.0 Å². The van der Waals surface area contributed by atoms with Crippen LogP contribution in [0.1, 0.15) is 30.9 Å². The van der Waals surface area contributed by atoms with Crippen LogP contribution in [0.2, 0.25) is 0 Å². The fourth-order valence-electron chi connectivity index (χ4n) is 2.29. The Kier molecular flexibility index (Phi) is 7.08. The van der Waals surface area contributed by atoms with E-state index in [-0.39, 0.29) is 5.91 Å². The molecule has 0 bridgehead atoms. The lowest BCUT2D eigenvalue weighted by Crippen LogP contribution is -2.08. The highest BCUT2D eigenvalue weighted by Gasteiger charge is 2.05. The van der Waals surface area contributed by atoms with Crippen molar-refractivity contribution in [1.29, 1.82) is 0 Å². The molecular formula is C21H25NO3. The number of methoxy groups -OCH3 is 1. The quantitative estimate of drug-likeness (QED) is 0.553. The molecule has 2 aromatic rings. The van der Waals surface area contributed by atoms with Crippen molar-refractivity contribution in [3.8, 4) is 11.5 Å². The second kappa shape index (κ2) is 9.52. The van der Waals surface area contributed by atoms with Gasteiger partial charge in [-0.05, 0) is 48.7 Å². The monoisotopic (exact) mass is 339 g/mol. The molecule has 4 heteroatoms. The largest absolute Gasteiger partial charge is 0.493 e. The summed E-state index contributed by atoms with van der Waals surface area (Å²) >= 11 is 0. The van der Waals surface area contributed by atoms with Crippen LogP contribution in [0, 0.1) is 6.92 Å². The Labute approximate surface area is 149 Å². The number of ether oxygens (including phenoxy) is 2. The summed E-state index contributed by atoms with van der Waals surface area (Å²) in [4.78, 5) is 12.1. The molecule has 0 saturated heterocycles. The van der Waals surface area contributed by atoms with E-state index in [0.29, 0.717) is 12.4 Å². The number of carbonyl (C=O) groups is 1. The lowest BCUT2D eigenvalue weighted by Gasteiger charge is -2.11. The summed E-state index contributed by atoms with van der Waals surface area (Å²) in [5.41, 5.74) is 2.72. The first-order valence-electron chi connectivity index (χ1n) is 8.49. The predicted molar refractivity (Wildman–Crippen MR) is 102 cm³/mol. The minimum Gasteiger partial charge on any atom is -0.493 e. The SMILES string of the molecule is CCCCOc1ccc(/C=C/C(=O)Nc2ccccc2C)cc1OC. The van der Waals surface area contributed by atoms with Crippen LogP contribution in [0.15, 0.2) is 48.5 Å². The van der Waals surface area contributed by atoms with Crippen molar-refractivity contribution >= 4 is 17.7 Å². The Morgan fingerprint density at radius 1 is 1.16 bits per heavy atom. The van der Waals surface area contributed by atoms with Crippen LogP contribution in [0.4, 0.5) is 5.69 Å². The van der Waals surface area contributed by atoms with E-state index in [1.54, 1.807) is 13.2 Å². The molecule has 25 heavy (non-hydrogen) atoms. The molecular weight excluding hydrogens is 314 g/mol. The predicted octanol–water partition coefficient (Wildman–Crippen LogP) is 4.83. The van der Waals surface area contributed by atoms with E-state index in [4.69, 9.17) is 9.47 Å². The number of anilines is 1. The van der Waals surface area contributed by atoms with Crippen LogP contribution in [-0.2, 0) is 4.79 Å². The zero-order valence-corrected chi connectivity index (χ0v) is 15.0. The number of hydrogen-bond acceptors (Lipinski definition) is 3. The standard InChI is InChI=1S/C21H25NO3/c1-4-5-14-25-19-12-10-17(15-20(19)24-3)11-13-21(23)22-18-9-7-6-8-16(18)2/h6-13,15H,4-5,14H2,1-3H3,(H,22,23)/b13-11+. The summed E-state index contributed by atoms with van der Waals surface area (Å²) in [6.07, 6.45) is 5.35. The highest BCUT2D eigenvalue weighted by molar-refractivity contribution is 6.02. The van der Waals surface area contributed by atoms with Gasteiger partial charge in [0.25, 0.3) is 0 Å². The minimum absolute atomic E-state index is 0.170. The first-order valence-corrected chi connectivity index (χ1v) is 8.49. The van der Waals surface area contributed by atoms with Crippen molar-refractivity contribution in [2.45, 2.75) is 26.7 Å². The highest BCUT2D eigenvalue weighted by Crippen LogP contribution is 2.28. The maximum absolute atomic E-state index is 12.1. The van der Waals surface area contributed by atoms with E-state index in [0.717, 1.165) is 35.4 Å². The molecule has 2 rings (SSSR count). The van der Waals surface area contributed by atoms with Crippen LogP contribution in [0.5, 0.6) is 11.5 Å². The number of aryl methyl sites for hydroxylation is 1. The van der Waals surface area contributed by atoms with Gasteiger partial charge in [-0.2, -0.15) is 0 Å². The van der Waals surface area contributed by atoms with Crippen LogP contribution < -0.4 is 14.8 Å². The van der Waals surface area contributed by atoms with Gasteiger partial charge in [-0.1, -0.05) is 37.6 Å². The fourth-order valence-corrected chi connectivity index (χ4v) is 2.29. The summed E-state index contributed by atoms with van der Waals surface area (Å²) in [5.74, 6) is 1.21. The highest BCUT2D eigenvalue weighted by atomic mass is 16.5. The molecule has 0 aliphatic carbocycles. The van der Waals surface area contributed by atoms with Crippen molar-refractivity contribution in [1.82, 2.24) is 0 Å². The third-order valence-corrected chi connectivity index (χ3v) is 3.77. The van der Waals surface area contributed by atoms with E-state index in [2.05, 4.69) is 12.2 Å². The van der Waals surface area contributed by atoms with E-state index >= 15 is 0 Å². The molecule has 1 N–H and O–H groups in total. The van der Waals surface area contributed by atoms with Gasteiger partial charge in [-0.25, -0.2) is 0 Å². The third kappa shape index (κ3) is 5.68. The van der Waals surface area contributed by atoms with Gasteiger partial charge in [0, 0.05) is 11.8 Å². The molecule has 0 aliphatic heterocycles. The zero-order valence-electron chi connectivity index (χ0n) is 15.0. The lowest BCUT2D eigenvalue weighted by molar-refractivity contribution is -0.111.